The lowest BCUT2D eigenvalue weighted by molar-refractivity contribution is -0.136. The Hall–Kier alpha value is -1.76. The molecule has 17 heavy (non-hydrogen) atoms. The maximum atomic E-state index is 10.6. The number of aryl methyl sites for hydroxylation is 2. The molecule has 0 saturated carbocycles. The number of carboxylic acid groups (broad SMARTS) is 1. The maximum Gasteiger partial charge on any atom is 0.303 e. The number of aromatic amines is 1. The first kappa shape index (κ1) is 11.7. The van der Waals surface area contributed by atoms with Gasteiger partial charge >= 0.3 is 5.97 Å². The van der Waals surface area contributed by atoms with Crippen LogP contribution in [0.3, 0.4) is 0 Å². The number of carboxylic acids is 1. The topological polar surface area (TPSA) is 83.3 Å². The van der Waals surface area contributed by atoms with Crippen LogP contribution in [0.5, 0.6) is 0 Å². The molecule has 0 aliphatic heterocycles. The summed E-state index contributed by atoms with van der Waals surface area (Å²) in [4.78, 5) is 14.9. The van der Waals surface area contributed by atoms with Gasteiger partial charge in [-0.3, -0.25) is 9.20 Å². The van der Waals surface area contributed by atoms with E-state index >= 15 is 0 Å². The summed E-state index contributed by atoms with van der Waals surface area (Å²) in [6.45, 7) is 3.74. The van der Waals surface area contributed by atoms with Crippen molar-refractivity contribution in [2.75, 3.05) is 0 Å². The van der Waals surface area contributed by atoms with E-state index in [4.69, 9.17) is 17.3 Å². The van der Waals surface area contributed by atoms with E-state index < -0.39 is 5.97 Å². The number of fused-ring (bicyclic) bond motifs is 1. The second-order valence-electron chi connectivity index (χ2n) is 3.82. The number of aromatic nitrogens is 4. The van der Waals surface area contributed by atoms with Crippen LogP contribution in [0.2, 0.25) is 0 Å². The Morgan fingerprint density at radius 2 is 2.24 bits per heavy atom. The van der Waals surface area contributed by atoms with E-state index in [-0.39, 0.29) is 6.42 Å². The molecule has 0 saturated heterocycles. The van der Waals surface area contributed by atoms with E-state index in [1.54, 1.807) is 4.40 Å². The molecular weight excluding hydrogens is 240 g/mol. The van der Waals surface area contributed by atoms with Crippen LogP contribution in [0.25, 0.3) is 5.78 Å². The van der Waals surface area contributed by atoms with Crippen molar-refractivity contribution in [2.45, 2.75) is 26.7 Å². The van der Waals surface area contributed by atoms with Crippen LogP contribution in [-0.2, 0) is 11.2 Å². The van der Waals surface area contributed by atoms with E-state index in [0.717, 1.165) is 17.0 Å². The Labute approximate surface area is 102 Å². The van der Waals surface area contributed by atoms with Crippen molar-refractivity contribution in [1.29, 1.82) is 0 Å². The van der Waals surface area contributed by atoms with Crippen LogP contribution in [0.4, 0.5) is 0 Å². The first-order valence-electron chi connectivity index (χ1n) is 5.15. The second kappa shape index (κ2) is 4.25. The van der Waals surface area contributed by atoms with Crippen molar-refractivity contribution in [2.24, 2.45) is 0 Å². The summed E-state index contributed by atoms with van der Waals surface area (Å²) < 4.78 is 2.20. The normalized spacial score (nSPS) is 10.9. The highest BCUT2D eigenvalue weighted by molar-refractivity contribution is 7.71. The first-order chi connectivity index (χ1) is 8.00. The van der Waals surface area contributed by atoms with Crippen molar-refractivity contribution in [3.8, 4) is 0 Å². The molecule has 2 rings (SSSR count). The van der Waals surface area contributed by atoms with Crippen LogP contribution in [0, 0.1) is 18.6 Å². The van der Waals surface area contributed by atoms with Gasteiger partial charge in [0.05, 0.1) is 0 Å². The fourth-order valence-electron chi connectivity index (χ4n) is 1.87. The quantitative estimate of drug-likeness (QED) is 0.807. The summed E-state index contributed by atoms with van der Waals surface area (Å²) in [5.41, 5.74) is 2.61. The van der Waals surface area contributed by atoms with E-state index in [9.17, 15) is 4.79 Å². The lowest BCUT2D eigenvalue weighted by atomic mass is 10.1. The monoisotopic (exact) mass is 252 g/mol. The molecule has 0 aliphatic rings. The number of aliphatic carboxylic acids is 1. The van der Waals surface area contributed by atoms with Crippen molar-refractivity contribution < 1.29 is 9.90 Å². The molecule has 0 unspecified atom stereocenters. The van der Waals surface area contributed by atoms with Gasteiger partial charge in [0.1, 0.15) is 0 Å². The minimum atomic E-state index is -0.820. The molecule has 0 atom stereocenters. The Bertz CT molecular complexity index is 644. The van der Waals surface area contributed by atoms with Gasteiger partial charge in [-0.25, -0.2) is 10.1 Å². The van der Waals surface area contributed by atoms with Gasteiger partial charge in [-0.1, -0.05) is 0 Å². The number of carbonyl (C=O) groups is 1. The van der Waals surface area contributed by atoms with Gasteiger partial charge in [0.25, 0.3) is 5.78 Å². The first-order valence-corrected chi connectivity index (χ1v) is 5.56. The van der Waals surface area contributed by atoms with Crippen molar-refractivity contribution in [3.63, 3.8) is 0 Å². The Morgan fingerprint density at radius 1 is 1.53 bits per heavy atom. The molecule has 90 valence electrons. The Balaban J connectivity index is 2.58. The standard InChI is InChI=1S/C10H12N4O2S/c1-5-7(3-4-8(15)16)6(2)14-9(11-5)12-13-10(14)17/h3-4H2,1-2H3,(H,13,17)(H,15,16). The number of hydrogen-bond acceptors (Lipinski definition) is 4. The average Bonchev–Trinajstić information content (AvgIpc) is 2.59. The zero-order chi connectivity index (χ0) is 12.6. The van der Waals surface area contributed by atoms with Crippen LogP contribution >= 0.6 is 12.2 Å². The molecule has 0 radical (unpaired) electrons. The predicted molar refractivity (Wildman–Crippen MR) is 63.6 cm³/mol. The minimum absolute atomic E-state index is 0.0834. The van der Waals surface area contributed by atoms with Crippen LogP contribution in [-0.4, -0.2) is 30.7 Å². The fraction of sp³-hybridized carbons (Fsp3) is 0.400. The van der Waals surface area contributed by atoms with Gasteiger partial charge < -0.3 is 5.11 Å². The zero-order valence-electron chi connectivity index (χ0n) is 9.52. The average molecular weight is 252 g/mol. The number of nitrogens with zero attached hydrogens (tertiary/aromatic N) is 3. The van der Waals surface area contributed by atoms with Crippen molar-refractivity contribution in [3.05, 3.63) is 21.7 Å². The molecule has 2 aromatic rings. The van der Waals surface area contributed by atoms with Crippen LogP contribution in [0.15, 0.2) is 0 Å². The number of rotatable bonds is 3. The third-order valence-corrected chi connectivity index (χ3v) is 2.99. The van der Waals surface area contributed by atoms with Gasteiger partial charge in [0, 0.05) is 17.8 Å². The Kier molecular flexibility index (Phi) is 2.93. The molecular formula is C10H12N4O2S. The molecule has 6 nitrogen and oxygen atoms in total. The minimum Gasteiger partial charge on any atom is -0.481 e. The summed E-state index contributed by atoms with van der Waals surface area (Å²) >= 11 is 5.10. The highest BCUT2D eigenvalue weighted by Gasteiger charge is 2.12. The molecule has 0 bridgehead atoms. The maximum absolute atomic E-state index is 10.6. The summed E-state index contributed by atoms with van der Waals surface area (Å²) in [7, 11) is 0. The lowest BCUT2D eigenvalue weighted by Gasteiger charge is -2.09. The number of hydrogen-bond donors (Lipinski definition) is 2. The van der Waals surface area contributed by atoms with Gasteiger partial charge in [-0.2, -0.15) is 0 Å². The Morgan fingerprint density at radius 3 is 2.88 bits per heavy atom. The molecule has 2 aromatic heterocycles. The lowest BCUT2D eigenvalue weighted by Crippen LogP contribution is -2.07. The van der Waals surface area contributed by atoms with E-state index in [1.165, 1.54) is 0 Å². The molecule has 0 amide bonds. The smallest absolute Gasteiger partial charge is 0.303 e. The molecule has 2 heterocycles. The molecule has 2 N–H and O–H groups in total. The van der Waals surface area contributed by atoms with E-state index in [2.05, 4.69) is 15.2 Å². The third kappa shape index (κ3) is 2.05. The fourth-order valence-corrected chi connectivity index (χ4v) is 2.14. The van der Waals surface area contributed by atoms with Crippen molar-refractivity contribution in [1.82, 2.24) is 19.6 Å². The van der Waals surface area contributed by atoms with Gasteiger partial charge in [0.2, 0.25) is 4.77 Å². The second-order valence-corrected chi connectivity index (χ2v) is 4.21. The summed E-state index contributed by atoms with van der Waals surface area (Å²) in [5.74, 6) is -0.302. The van der Waals surface area contributed by atoms with Crippen LogP contribution < -0.4 is 0 Å². The van der Waals surface area contributed by atoms with E-state index in [0.29, 0.717) is 17.0 Å². The van der Waals surface area contributed by atoms with Gasteiger partial charge in [-0.15, -0.1) is 5.10 Å². The highest BCUT2D eigenvalue weighted by Crippen LogP contribution is 2.15. The molecule has 0 aromatic carbocycles. The van der Waals surface area contributed by atoms with Crippen molar-refractivity contribution >= 4 is 24.0 Å². The molecule has 0 aliphatic carbocycles. The third-order valence-electron chi connectivity index (χ3n) is 2.72. The summed E-state index contributed by atoms with van der Waals surface area (Å²) in [5, 5.41) is 15.4. The summed E-state index contributed by atoms with van der Waals surface area (Å²) in [6, 6.07) is 0. The van der Waals surface area contributed by atoms with Gasteiger partial charge in [-0.05, 0) is 38.0 Å². The molecule has 7 heteroatoms. The molecule has 0 spiro atoms. The van der Waals surface area contributed by atoms with Crippen LogP contribution in [0.1, 0.15) is 23.4 Å². The van der Waals surface area contributed by atoms with Gasteiger partial charge in [0.15, 0.2) is 0 Å². The largest absolute Gasteiger partial charge is 0.481 e. The summed E-state index contributed by atoms with van der Waals surface area (Å²) in [6.07, 6.45) is 0.531. The zero-order valence-corrected chi connectivity index (χ0v) is 10.3. The predicted octanol–water partition coefficient (Wildman–Crippen LogP) is 1.42. The highest BCUT2D eigenvalue weighted by atomic mass is 32.1. The SMILES string of the molecule is Cc1nc2n[nH]c(=S)n2c(C)c1CCC(=O)O. The molecule has 0 fully saturated rings. The van der Waals surface area contributed by atoms with E-state index in [1.807, 2.05) is 13.8 Å². The number of nitrogens with one attached hydrogen (secondary N) is 1. The number of H-pyrrole nitrogens is 1.